The van der Waals surface area contributed by atoms with Crippen molar-refractivity contribution in [2.24, 2.45) is 4.99 Å². The molecule has 0 saturated heterocycles. The van der Waals surface area contributed by atoms with E-state index in [-0.39, 0.29) is 35.3 Å². The number of rotatable bonds is 8. The lowest BCUT2D eigenvalue weighted by atomic mass is 9.94. The smallest absolute Gasteiger partial charge is 0.251 e. The number of guanidine groups is 1. The van der Waals surface area contributed by atoms with Gasteiger partial charge in [0.25, 0.3) is 5.91 Å². The molecule has 166 valence electrons. The summed E-state index contributed by atoms with van der Waals surface area (Å²) in [7, 11) is 0. The molecular weight excluding hydrogens is 493 g/mol. The average molecular weight is 527 g/mol. The number of benzene rings is 1. The monoisotopic (exact) mass is 527 g/mol. The minimum atomic E-state index is -0.0712. The van der Waals surface area contributed by atoms with Crippen molar-refractivity contribution < 1.29 is 9.21 Å². The number of oxazole rings is 1. The van der Waals surface area contributed by atoms with Gasteiger partial charge in [-0.1, -0.05) is 39.8 Å². The molecule has 0 aliphatic carbocycles. The first-order valence-electron chi connectivity index (χ1n) is 10.2. The number of carbonyl (C=O) groups is 1. The minimum Gasteiger partial charge on any atom is -0.443 e. The molecule has 0 atom stereocenters. The Hall–Kier alpha value is -2.10. The van der Waals surface area contributed by atoms with E-state index in [0.717, 1.165) is 24.3 Å². The summed E-state index contributed by atoms with van der Waals surface area (Å²) in [6.45, 7) is 12.6. The van der Waals surface area contributed by atoms with Gasteiger partial charge in [0.2, 0.25) is 5.89 Å². The van der Waals surface area contributed by atoms with E-state index >= 15 is 0 Å². The Labute approximate surface area is 196 Å². The first-order chi connectivity index (χ1) is 13.8. The van der Waals surface area contributed by atoms with Crippen LogP contribution in [0.2, 0.25) is 0 Å². The normalized spacial score (nSPS) is 11.6. The van der Waals surface area contributed by atoms with Crippen LogP contribution >= 0.6 is 24.0 Å². The second kappa shape index (κ2) is 12.6. The van der Waals surface area contributed by atoms with Crippen LogP contribution in [0.4, 0.5) is 0 Å². The fourth-order valence-corrected chi connectivity index (χ4v) is 2.56. The molecule has 3 N–H and O–H groups in total. The summed E-state index contributed by atoms with van der Waals surface area (Å²) in [6.07, 6.45) is 2.69. The van der Waals surface area contributed by atoms with E-state index in [4.69, 9.17) is 4.42 Å². The molecule has 0 aliphatic heterocycles. The van der Waals surface area contributed by atoms with Crippen molar-refractivity contribution >= 4 is 35.8 Å². The molecule has 7 nitrogen and oxygen atoms in total. The fraction of sp³-hybridized carbons (Fsp3) is 0.500. The first kappa shape index (κ1) is 25.9. The molecule has 0 aliphatic rings. The lowest BCUT2D eigenvalue weighted by Crippen LogP contribution is -2.36. The predicted octanol–water partition coefficient (Wildman–Crippen LogP) is 3.99. The highest BCUT2D eigenvalue weighted by atomic mass is 127. The van der Waals surface area contributed by atoms with E-state index in [1.54, 1.807) is 6.20 Å². The van der Waals surface area contributed by atoms with E-state index in [1.165, 1.54) is 0 Å². The topological polar surface area (TPSA) is 91.5 Å². The largest absolute Gasteiger partial charge is 0.443 e. The summed E-state index contributed by atoms with van der Waals surface area (Å²) in [6, 6.07) is 7.54. The molecule has 8 heteroatoms. The highest BCUT2D eigenvalue weighted by Gasteiger charge is 2.19. The number of aliphatic imine (C=N–C) groups is 1. The van der Waals surface area contributed by atoms with Gasteiger partial charge < -0.3 is 20.4 Å². The summed E-state index contributed by atoms with van der Waals surface area (Å²) in [4.78, 5) is 21.1. The van der Waals surface area contributed by atoms with Gasteiger partial charge in [-0.15, -0.1) is 24.0 Å². The summed E-state index contributed by atoms with van der Waals surface area (Å²) in [5.74, 6) is 2.09. The van der Waals surface area contributed by atoms with Gasteiger partial charge in [0.15, 0.2) is 5.96 Å². The second-order valence-electron chi connectivity index (χ2n) is 7.87. The molecule has 1 aromatic carbocycles. The van der Waals surface area contributed by atoms with Crippen LogP contribution < -0.4 is 16.0 Å². The highest BCUT2D eigenvalue weighted by molar-refractivity contribution is 14.0. The van der Waals surface area contributed by atoms with Crippen LogP contribution in [-0.4, -0.2) is 29.9 Å². The zero-order valence-corrected chi connectivity index (χ0v) is 20.9. The number of carbonyl (C=O) groups excluding carboxylic acids is 1. The molecule has 30 heavy (non-hydrogen) atoms. The van der Waals surface area contributed by atoms with Crippen LogP contribution in [0.3, 0.4) is 0 Å². The molecule has 0 saturated carbocycles. The molecule has 2 rings (SSSR count). The fourth-order valence-electron chi connectivity index (χ4n) is 2.56. The van der Waals surface area contributed by atoms with Crippen molar-refractivity contribution in [2.75, 3.05) is 13.1 Å². The summed E-state index contributed by atoms with van der Waals surface area (Å²) >= 11 is 0. The van der Waals surface area contributed by atoms with Crippen LogP contribution in [0.15, 0.2) is 39.9 Å². The van der Waals surface area contributed by atoms with Crippen molar-refractivity contribution in [3.8, 4) is 0 Å². The molecule has 2 aromatic rings. The lowest BCUT2D eigenvalue weighted by molar-refractivity contribution is 0.0953. The third-order valence-electron chi connectivity index (χ3n) is 4.19. The maximum atomic E-state index is 12.1. The summed E-state index contributed by atoms with van der Waals surface area (Å²) in [5.41, 5.74) is 1.55. The van der Waals surface area contributed by atoms with Crippen LogP contribution in [-0.2, 0) is 18.5 Å². The maximum Gasteiger partial charge on any atom is 0.251 e. The molecular formula is C22H34IN5O2. The van der Waals surface area contributed by atoms with Gasteiger partial charge in [0.1, 0.15) is 5.76 Å². The molecule has 0 spiro atoms. The van der Waals surface area contributed by atoms with Gasteiger partial charge in [-0.25, -0.2) is 9.98 Å². The minimum absolute atomic E-state index is 0. The van der Waals surface area contributed by atoms with Crippen molar-refractivity contribution in [2.45, 2.75) is 59.5 Å². The third-order valence-corrected chi connectivity index (χ3v) is 4.19. The highest BCUT2D eigenvalue weighted by Crippen LogP contribution is 2.22. The van der Waals surface area contributed by atoms with Crippen LogP contribution in [0, 0.1) is 0 Å². The van der Waals surface area contributed by atoms with Gasteiger partial charge in [-0.3, -0.25) is 4.79 Å². The number of hydrogen-bond acceptors (Lipinski definition) is 4. The van der Waals surface area contributed by atoms with Crippen molar-refractivity contribution in [3.63, 3.8) is 0 Å². The van der Waals surface area contributed by atoms with Crippen LogP contribution in [0.25, 0.3) is 0 Å². The molecule has 0 bridgehead atoms. The first-order valence-corrected chi connectivity index (χ1v) is 10.2. The summed E-state index contributed by atoms with van der Waals surface area (Å²) in [5, 5.41) is 9.35. The van der Waals surface area contributed by atoms with E-state index in [1.807, 2.05) is 38.1 Å². The Balaban J connectivity index is 0.00000450. The SMILES string of the molecule is CCCNC(=O)c1cccc(CN=C(NCC)NCc2ncc(C(C)(C)C)o2)c1.I. The Morgan fingerprint density at radius 1 is 1.17 bits per heavy atom. The maximum absolute atomic E-state index is 12.1. The number of aromatic nitrogens is 1. The Bertz CT molecular complexity index is 827. The number of hydrogen-bond donors (Lipinski definition) is 3. The summed E-state index contributed by atoms with van der Waals surface area (Å²) < 4.78 is 5.81. The Morgan fingerprint density at radius 3 is 2.57 bits per heavy atom. The van der Waals surface area contributed by atoms with Crippen molar-refractivity contribution in [3.05, 3.63) is 53.2 Å². The standard InChI is InChI=1S/C22H33N5O2.HI/c1-6-11-24-20(28)17-10-8-9-16(12-17)13-26-21(23-7-2)27-15-19-25-14-18(29-19)22(3,4)5;/h8-10,12,14H,6-7,11,13,15H2,1-5H3,(H,24,28)(H2,23,26,27);1H. The molecule has 0 unspecified atom stereocenters. The Morgan fingerprint density at radius 2 is 1.93 bits per heavy atom. The second-order valence-corrected chi connectivity index (χ2v) is 7.87. The van der Waals surface area contributed by atoms with Gasteiger partial charge in [0, 0.05) is 24.1 Å². The van der Waals surface area contributed by atoms with Crippen LogP contribution in [0.5, 0.6) is 0 Å². The molecule has 0 fully saturated rings. The van der Waals surface area contributed by atoms with Gasteiger partial charge in [-0.05, 0) is 31.0 Å². The quantitative estimate of drug-likeness (QED) is 0.275. The van der Waals surface area contributed by atoms with Gasteiger partial charge in [-0.2, -0.15) is 0 Å². The molecule has 1 heterocycles. The van der Waals surface area contributed by atoms with Crippen LogP contribution in [0.1, 0.15) is 68.6 Å². The number of halogens is 1. The van der Waals surface area contributed by atoms with E-state index in [0.29, 0.717) is 37.0 Å². The number of amides is 1. The van der Waals surface area contributed by atoms with E-state index in [2.05, 4.69) is 46.7 Å². The van der Waals surface area contributed by atoms with Crippen molar-refractivity contribution in [1.29, 1.82) is 0 Å². The van der Waals surface area contributed by atoms with E-state index < -0.39 is 0 Å². The third kappa shape index (κ3) is 8.33. The van der Waals surface area contributed by atoms with Gasteiger partial charge >= 0.3 is 0 Å². The number of nitrogens with one attached hydrogen (secondary N) is 3. The lowest BCUT2D eigenvalue weighted by Gasteiger charge is -2.13. The molecule has 0 radical (unpaired) electrons. The van der Waals surface area contributed by atoms with Gasteiger partial charge in [0.05, 0.1) is 19.3 Å². The molecule has 1 amide bonds. The zero-order chi connectivity index (χ0) is 21.3. The average Bonchev–Trinajstić information content (AvgIpc) is 3.18. The number of nitrogens with zero attached hydrogens (tertiary/aromatic N) is 2. The van der Waals surface area contributed by atoms with Crippen molar-refractivity contribution in [1.82, 2.24) is 20.9 Å². The predicted molar refractivity (Wildman–Crippen MR) is 131 cm³/mol. The Kier molecular flexibility index (Phi) is 10.9. The molecule has 1 aromatic heterocycles. The van der Waals surface area contributed by atoms with E-state index in [9.17, 15) is 4.79 Å². The zero-order valence-electron chi connectivity index (χ0n) is 18.5.